The molecule has 0 aliphatic carbocycles. The Morgan fingerprint density at radius 1 is 0.667 bits per heavy atom. The molecule has 0 radical (unpaired) electrons. The molecule has 0 rings (SSSR count). The minimum Gasteiger partial charge on any atom is -0.481 e. The van der Waals surface area contributed by atoms with Gasteiger partial charge < -0.3 is 20.5 Å². The number of carboxylic acid groups (broad SMARTS) is 1. The van der Waals surface area contributed by atoms with Crippen LogP contribution in [0, 0.1) is 0 Å². The summed E-state index contributed by atoms with van der Waals surface area (Å²) in [5, 5.41) is 13.9. The van der Waals surface area contributed by atoms with Crippen molar-refractivity contribution >= 4 is 17.8 Å². The van der Waals surface area contributed by atoms with Crippen molar-refractivity contribution in [1.29, 1.82) is 0 Å². The van der Waals surface area contributed by atoms with Gasteiger partial charge >= 0.3 is 5.97 Å². The summed E-state index contributed by atoms with van der Waals surface area (Å²) in [7, 11) is 0. The minimum absolute atomic E-state index is 0.0260. The van der Waals surface area contributed by atoms with Crippen molar-refractivity contribution in [3.05, 3.63) is 12.2 Å². The van der Waals surface area contributed by atoms with E-state index >= 15 is 0 Å². The molecule has 0 bridgehead atoms. The highest BCUT2D eigenvalue weighted by Gasteiger charge is 2.04. The molecule has 0 aliphatic heterocycles. The van der Waals surface area contributed by atoms with Crippen LogP contribution < -0.4 is 10.6 Å². The van der Waals surface area contributed by atoms with Gasteiger partial charge in [0.15, 0.2) is 0 Å². The zero-order chi connectivity index (χ0) is 24.4. The van der Waals surface area contributed by atoms with E-state index in [1.807, 2.05) is 0 Å². The maximum Gasteiger partial charge on any atom is 0.303 e. The molecular weight excluding hydrogens is 420 g/mol. The Morgan fingerprint density at radius 3 is 1.70 bits per heavy atom. The molecular formula is C26H48N2O5. The van der Waals surface area contributed by atoms with Gasteiger partial charge in [0.1, 0.15) is 0 Å². The summed E-state index contributed by atoms with van der Waals surface area (Å²) in [4.78, 5) is 33.5. The molecule has 7 nitrogen and oxygen atoms in total. The van der Waals surface area contributed by atoms with Crippen LogP contribution in [-0.4, -0.2) is 49.2 Å². The predicted molar refractivity (Wildman–Crippen MR) is 133 cm³/mol. The summed E-state index contributed by atoms with van der Waals surface area (Å²) in [6.45, 7) is 3.77. The second-order valence-electron chi connectivity index (χ2n) is 8.54. The van der Waals surface area contributed by atoms with Gasteiger partial charge in [-0.15, -0.1) is 0 Å². The van der Waals surface area contributed by atoms with Crippen molar-refractivity contribution in [3.63, 3.8) is 0 Å². The summed E-state index contributed by atoms with van der Waals surface area (Å²) in [6, 6.07) is 0. The highest BCUT2D eigenvalue weighted by molar-refractivity contribution is 5.80. The van der Waals surface area contributed by atoms with Gasteiger partial charge in [-0.2, -0.15) is 0 Å². The van der Waals surface area contributed by atoms with Crippen LogP contribution in [0.15, 0.2) is 12.2 Å². The van der Waals surface area contributed by atoms with Crippen molar-refractivity contribution < 1.29 is 24.2 Å². The molecule has 0 aromatic rings. The Bertz CT molecular complexity index is 523. The fraction of sp³-hybridized carbons (Fsp3) is 0.808. The van der Waals surface area contributed by atoms with Crippen LogP contribution in [0.3, 0.4) is 0 Å². The lowest BCUT2D eigenvalue weighted by Crippen LogP contribution is -2.30. The number of carboxylic acids is 1. The molecule has 0 heterocycles. The van der Waals surface area contributed by atoms with Gasteiger partial charge in [0, 0.05) is 25.9 Å². The first-order valence-electron chi connectivity index (χ1n) is 13.0. The van der Waals surface area contributed by atoms with Crippen LogP contribution in [0.4, 0.5) is 0 Å². The van der Waals surface area contributed by atoms with E-state index in [-0.39, 0.29) is 24.7 Å². The lowest BCUT2D eigenvalue weighted by molar-refractivity contribution is -0.138. The molecule has 192 valence electrons. The SMILES string of the molecule is CCCCCCCC/C=C\CCCCCCCC(=O)NCCOCCNC(=O)CCC(=O)O. The molecule has 0 saturated heterocycles. The summed E-state index contributed by atoms with van der Waals surface area (Å²) < 4.78 is 5.34. The third kappa shape index (κ3) is 26.2. The van der Waals surface area contributed by atoms with Crippen molar-refractivity contribution in [3.8, 4) is 0 Å². The first-order chi connectivity index (χ1) is 16.1. The van der Waals surface area contributed by atoms with Gasteiger partial charge in [0.25, 0.3) is 0 Å². The quantitative estimate of drug-likeness (QED) is 0.134. The third-order valence-electron chi connectivity index (χ3n) is 5.37. The maximum atomic E-state index is 11.8. The molecule has 0 aliphatic rings. The Kier molecular flexibility index (Phi) is 23.3. The average molecular weight is 469 g/mol. The smallest absolute Gasteiger partial charge is 0.303 e. The van der Waals surface area contributed by atoms with Crippen LogP contribution in [-0.2, 0) is 19.1 Å². The van der Waals surface area contributed by atoms with E-state index in [0.29, 0.717) is 32.7 Å². The van der Waals surface area contributed by atoms with Gasteiger partial charge in [-0.05, 0) is 32.1 Å². The van der Waals surface area contributed by atoms with Crippen LogP contribution in [0.25, 0.3) is 0 Å². The first kappa shape index (κ1) is 31.1. The van der Waals surface area contributed by atoms with Crippen LogP contribution >= 0.6 is 0 Å². The van der Waals surface area contributed by atoms with Crippen molar-refractivity contribution in [2.75, 3.05) is 26.3 Å². The highest BCUT2D eigenvalue weighted by Crippen LogP contribution is 2.09. The lowest BCUT2D eigenvalue weighted by atomic mass is 10.1. The van der Waals surface area contributed by atoms with Crippen LogP contribution in [0.2, 0.25) is 0 Å². The lowest BCUT2D eigenvalue weighted by Gasteiger charge is -2.07. The molecule has 0 aromatic heterocycles. The van der Waals surface area contributed by atoms with E-state index < -0.39 is 5.97 Å². The Morgan fingerprint density at radius 2 is 1.15 bits per heavy atom. The van der Waals surface area contributed by atoms with Crippen LogP contribution in [0.5, 0.6) is 0 Å². The van der Waals surface area contributed by atoms with E-state index in [4.69, 9.17) is 9.84 Å². The Hall–Kier alpha value is -1.89. The van der Waals surface area contributed by atoms with Gasteiger partial charge in [-0.25, -0.2) is 0 Å². The maximum absolute atomic E-state index is 11.8. The third-order valence-corrected chi connectivity index (χ3v) is 5.37. The second-order valence-corrected chi connectivity index (χ2v) is 8.54. The number of hydrogen-bond acceptors (Lipinski definition) is 4. The monoisotopic (exact) mass is 468 g/mol. The Balaban J connectivity index is 3.29. The molecule has 7 heteroatoms. The van der Waals surface area contributed by atoms with Crippen molar-refractivity contribution in [2.24, 2.45) is 0 Å². The molecule has 33 heavy (non-hydrogen) atoms. The molecule has 2 amide bonds. The summed E-state index contributed by atoms with van der Waals surface area (Å²) >= 11 is 0. The van der Waals surface area contributed by atoms with Crippen LogP contribution in [0.1, 0.15) is 110 Å². The summed E-state index contributed by atoms with van der Waals surface area (Å²) in [6.07, 6.45) is 21.2. The summed E-state index contributed by atoms with van der Waals surface area (Å²) in [5.74, 6) is -1.23. The number of unbranched alkanes of at least 4 members (excludes halogenated alkanes) is 11. The zero-order valence-corrected chi connectivity index (χ0v) is 20.9. The average Bonchev–Trinajstić information content (AvgIpc) is 2.79. The number of hydrogen-bond donors (Lipinski definition) is 3. The normalized spacial score (nSPS) is 11.1. The first-order valence-corrected chi connectivity index (χ1v) is 13.0. The number of carbonyl (C=O) groups excluding carboxylic acids is 2. The molecule has 0 aromatic carbocycles. The van der Waals surface area contributed by atoms with Crippen molar-refractivity contribution in [1.82, 2.24) is 10.6 Å². The number of rotatable bonds is 24. The fourth-order valence-corrected chi connectivity index (χ4v) is 3.38. The van der Waals surface area contributed by atoms with E-state index in [9.17, 15) is 14.4 Å². The molecule has 3 N–H and O–H groups in total. The zero-order valence-electron chi connectivity index (χ0n) is 20.9. The number of amides is 2. The molecule has 0 unspecified atom stereocenters. The van der Waals surface area contributed by atoms with Gasteiger partial charge in [0.2, 0.25) is 11.8 Å². The molecule has 0 atom stereocenters. The molecule has 0 saturated carbocycles. The molecule has 0 spiro atoms. The minimum atomic E-state index is -0.987. The van der Waals surface area contributed by atoms with E-state index in [1.54, 1.807) is 0 Å². The van der Waals surface area contributed by atoms with Gasteiger partial charge in [-0.3, -0.25) is 14.4 Å². The largest absolute Gasteiger partial charge is 0.481 e. The highest BCUT2D eigenvalue weighted by atomic mass is 16.5. The Labute approximate surface area is 201 Å². The van der Waals surface area contributed by atoms with E-state index in [0.717, 1.165) is 12.8 Å². The fourth-order valence-electron chi connectivity index (χ4n) is 3.38. The van der Waals surface area contributed by atoms with Gasteiger partial charge in [0.05, 0.1) is 19.6 Å². The standard InChI is InChI=1S/C26H48N2O5/c1-2-3-4-5-6-7-8-9-10-11-12-13-14-15-16-17-24(29)27-20-22-33-23-21-28-25(30)18-19-26(31)32/h9-10H,2-8,11-23H2,1H3,(H,27,29)(H,28,30)(H,31,32)/b10-9-. The van der Waals surface area contributed by atoms with Gasteiger partial charge in [-0.1, -0.05) is 70.4 Å². The number of allylic oxidation sites excluding steroid dienone is 2. The second kappa shape index (κ2) is 24.7. The number of carbonyl (C=O) groups is 3. The predicted octanol–water partition coefficient (Wildman–Crippen LogP) is 5.14. The number of aliphatic carboxylic acids is 1. The number of ether oxygens (including phenoxy) is 1. The van der Waals surface area contributed by atoms with Crippen molar-refractivity contribution in [2.45, 2.75) is 110 Å². The van der Waals surface area contributed by atoms with E-state index in [2.05, 4.69) is 29.7 Å². The summed E-state index contributed by atoms with van der Waals surface area (Å²) in [5.41, 5.74) is 0. The van der Waals surface area contributed by atoms with E-state index in [1.165, 1.54) is 70.6 Å². The topological polar surface area (TPSA) is 105 Å². The molecule has 0 fully saturated rings. The number of nitrogens with one attached hydrogen (secondary N) is 2.